The normalized spacial score (nSPS) is 11.4. The van der Waals surface area contributed by atoms with Crippen LogP contribution in [0.3, 0.4) is 0 Å². The van der Waals surface area contributed by atoms with Gasteiger partial charge >= 0.3 is 0 Å². The Morgan fingerprint density at radius 1 is 1.38 bits per heavy atom. The molecule has 0 spiro atoms. The van der Waals surface area contributed by atoms with Crippen molar-refractivity contribution >= 4 is 29.1 Å². The molecule has 0 saturated heterocycles. The van der Waals surface area contributed by atoms with Gasteiger partial charge in [0.05, 0.1) is 10.0 Å². The summed E-state index contributed by atoms with van der Waals surface area (Å²) < 4.78 is 0. The summed E-state index contributed by atoms with van der Waals surface area (Å²) in [6, 6.07) is 5.29. The molecule has 0 atom stereocenters. The molecule has 0 fully saturated rings. The number of amides is 1. The van der Waals surface area contributed by atoms with E-state index < -0.39 is 0 Å². The molecule has 0 aromatic heterocycles. The molecule has 86 valence electrons. The van der Waals surface area contributed by atoms with Gasteiger partial charge in [0.1, 0.15) is 0 Å². The number of halogens is 2. The Morgan fingerprint density at radius 3 is 2.62 bits per heavy atom. The van der Waals surface area contributed by atoms with Crippen molar-refractivity contribution in [3.63, 3.8) is 0 Å². The molecule has 0 heterocycles. The van der Waals surface area contributed by atoms with Crippen LogP contribution in [-0.4, -0.2) is 5.91 Å². The highest BCUT2D eigenvalue weighted by Crippen LogP contribution is 2.22. The van der Waals surface area contributed by atoms with Crippen molar-refractivity contribution in [2.24, 2.45) is 0 Å². The predicted molar refractivity (Wildman–Crippen MR) is 67.7 cm³/mol. The quantitative estimate of drug-likeness (QED) is 0.825. The summed E-state index contributed by atoms with van der Waals surface area (Å²) in [4.78, 5) is 11.5. The minimum absolute atomic E-state index is 0.0754. The highest BCUT2D eigenvalue weighted by atomic mass is 35.5. The van der Waals surface area contributed by atoms with Gasteiger partial charge in [0, 0.05) is 12.1 Å². The monoisotopic (exact) mass is 257 g/mol. The van der Waals surface area contributed by atoms with Gasteiger partial charge in [-0.3, -0.25) is 4.79 Å². The summed E-state index contributed by atoms with van der Waals surface area (Å²) in [6.45, 7) is 4.04. The van der Waals surface area contributed by atoms with Crippen molar-refractivity contribution in [3.05, 3.63) is 45.5 Å². The molecule has 1 rings (SSSR count). The van der Waals surface area contributed by atoms with Crippen LogP contribution >= 0.6 is 23.2 Å². The molecule has 0 radical (unpaired) electrons. The molecular formula is C12H13Cl2NO. The summed E-state index contributed by atoms with van der Waals surface area (Å²) in [5.74, 6) is -0.0754. The smallest absolute Gasteiger partial charge is 0.246 e. The zero-order chi connectivity index (χ0) is 12.1. The maximum atomic E-state index is 11.5. The lowest BCUT2D eigenvalue weighted by molar-refractivity contribution is -0.117. The van der Waals surface area contributed by atoms with Gasteiger partial charge in [0.15, 0.2) is 0 Å². The van der Waals surface area contributed by atoms with Crippen LogP contribution in [0, 0.1) is 0 Å². The van der Waals surface area contributed by atoms with Crippen LogP contribution in [0.5, 0.6) is 0 Å². The van der Waals surface area contributed by atoms with E-state index in [9.17, 15) is 4.79 Å². The van der Waals surface area contributed by atoms with Crippen LogP contribution in [0.25, 0.3) is 0 Å². The van der Waals surface area contributed by atoms with Crippen molar-refractivity contribution in [1.82, 2.24) is 5.32 Å². The minimum Gasteiger partial charge on any atom is -0.348 e. The Bertz CT molecular complexity index is 427. The number of rotatable bonds is 3. The Hall–Kier alpha value is -0.990. The summed E-state index contributed by atoms with van der Waals surface area (Å²) in [7, 11) is 0. The van der Waals surface area contributed by atoms with E-state index in [-0.39, 0.29) is 5.91 Å². The fourth-order valence-electron chi connectivity index (χ4n) is 1.10. The fraction of sp³-hybridized carbons (Fsp3) is 0.250. The summed E-state index contributed by atoms with van der Waals surface area (Å²) in [5.41, 5.74) is 1.62. The van der Waals surface area contributed by atoms with E-state index in [1.54, 1.807) is 25.1 Å². The van der Waals surface area contributed by atoms with E-state index in [0.717, 1.165) is 5.56 Å². The Balaban J connectivity index is 2.62. The molecular weight excluding hydrogens is 245 g/mol. The van der Waals surface area contributed by atoms with Crippen LogP contribution in [-0.2, 0) is 11.3 Å². The maximum Gasteiger partial charge on any atom is 0.246 e. The molecule has 0 aliphatic carbocycles. The maximum absolute atomic E-state index is 11.5. The van der Waals surface area contributed by atoms with Crippen molar-refractivity contribution in [2.75, 3.05) is 0 Å². The lowest BCUT2D eigenvalue weighted by Gasteiger charge is -2.06. The van der Waals surface area contributed by atoms with Gasteiger partial charge in [-0.05, 0) is 31.5 Å². The zero-order valence-corrected chi connectivity index (χ0v) is 10.7. The number of allylic oxidation sites excluding steroid dienone is 1. The number of carbonyl (C=O) groups excluding carboxylic acids is 1. The molecule has 4 heteroatoms. The van der Waals surface area contributed by atoms with E-state index >= 15 is 0 Å². The molecule has 0 saturated carbocycles. The van der Waals surface area contributed by atoms with Gasteiger partial charge in [-0.25, -0.2) is 0 Å². The second-order valence-electron chi connectivity index (χ2n) is 3.40. The molecule has 1 N–H and O–H groups in total. The first kappa shape index (κ1) is 13.1. The van der Waals surface area contributed by atoms with E-state index in [1.165, 1.54) is 0 Å². The van der Waals surface area contributed by atoms with Crippen molar-refractivity contribution < 1.29 is 4.79 Å². The van der Waals surface area contributed by atoms with Crippen molar-refractivity contribution in [1.29, 1.82) is 0 Å². The lowest BCUT2D eigenvalue weighted by Crippen LogP contribution is -2.23. The van der Waals surface area contributed by atoms with Crippen molar-refractivity contribution in [3.8, 4) is 0 Å². The highest BCUT2D eigenvalue weighted by molar-refractivity contribution is 6.42. The summed E-state index contributed by atoms with van der Waals surface area (Å²) >= 11 is 11.7. The molecule has 1 amide bonds. The molecule has 1 aromatic carbocycles. The average Bonchev–Trinajstić information content (AvgIpc) is 2.29. The molecule has 1 aromatic rings. The van der Waals surface area contributed by atoms with Crippen LogP contribution in [0.2, 0.25) is 10.0 Å². The third-order valence-electron chi connectivity index (χ3n) is 2.23. The van der Waals surface area contributed by atoms with E-state index in [0.29, 0.717) is 22.2 Å². The molecule has 0 aliphatic heterocycles. The molecule has 2 nitrogen and oxygen atoms in total. The van der Waals surface area contributed by atoms with Gasteiger partial charge < -0.3 is 5.32 Å². The molecule has 16 heavy (non-hydrogen) atoms. The first-order chi connectivity index (χ1) is 7.54. The minimum atomic E-state index is -0.0754. The lowest BCUT2D eigenvalue weighted by atomic mass is 10.2. The van der Waals surface area contributed by atoms with Crippen LogP contribution in [0.1, 0.15) is 19.4 Å². The third-order valence-corrected chi connectivity index (χ3v) is 2.97. The zero-order valence-electron chi connectivity index (χ0n) is 9.18. The summed E-state index contributed by atoms with van der Waals surface area (Å²) in [5, 5.41) is 3.80. The standard InChI is InChI=1S/C12H13Cl2NO/c1-3-8(2)12(16)15-7-9-4-5-10(13)11(14)6-9/h3-6H,7H2,1-2H3,(H,15,16)/b8-3+. The average molecular weight is 258 g/mol. The Kier molecular flexibility index (Phi) is 4.84. The van der Waals surface area contributed by atoms with Gasteiger partial charge in [-0.2, -0.15) is 0 Å². The van der Waals surface area contributed by atoms with Gasteiger partial charge in [0.2, 0.25) is 5.91 Å². The van der Waals surface area contributed by atoms with Gasteiger partial charge in [-0.15, -0.1) is 0 Å². The van der Waals surface area contributed by atoms with Crippen LogP contribution < -0.4 is 5.32 Å². The van der Waals surface area contributed by atoms with Gasteiger partial charge in [0.25, 0.3) is 0 Å². The highest BCUT2D eigenvalue weighted by Gasteiger charge is 2.03. The molecule has 0 bridgehead atoms. The number of hydrogen-bond acceptors (Lipinski definition) is 1. The van der Waals surface area contributed by atoms with E-state index in [1.807, 2.05) is 13.0 Å². The van der Waals surface area contributed by atoms with Crippen LogP contribution in [0.4, 0.5) is 0 Å². The van der Waals surface area contributed by atoms with Crippen LogP contribution in [0.15, 0.2) is 29.8 Å². The first-order valence-corrected chi connectivity index (χ1v) is 5.65. The number of hydrogen-bond donors (Lipinski definition) is 1. The fourth-order valence-corrected chi connectivity index (χ4v) is 1.42. The number of benzene rings is 1. The van der Waals surface area contributed by atoms with E-state index in [2.05, 4.69) is 5.32 Å². The second kappa shape index (κ2) is 5.92. The topological polar surface area (TPSA) is 29.1 Å². The van der Waals surface area contributed by atoms with E-state index in [4.69, 9.17) is 23.2 Å². The third kappa shape index (κ3) is 3.54. The Labute approximate surface area is 105 Å². The number of carbonyl (C=O) groups is 1. The molecule has 0 unspecified atom stereocenters. The molecule has 0 aliphatic rings. The predicted octanol–water partition coefficient (Wildman–Crippen LogP) is 3.58. The Morgan fingerprint density at radius 2 is 2.06 bits per heavy atom. The van der Waals surface area contributed by atoms with Crippen molar-refractivity contribution in [2.45, 2.75) is 20.4 Å². The SMILES string of the molecule is C/C=C(\C)C(=O)NCc1ccc(Cl)c(Cl)c1. The summed E-state index contributed by atoms with van der Waals surface area (Å²) in [6.07, 6.45) is 1.77. The largest absolute Gasteiger partial charge is 0.348 e. The van der Waals surface area contributed by atoms with Gasteiger partial charge in [-0.1, -0.05) is 35.3 Å². The first-order valence-electron chi connectivity index (χ1n) is 4.89. The second-order valence-corrected chi connectivity index (χ2v) is 4.22. The number of nitrogens with one attached hydrogen (secondary N) is 1.